The maximum Gasteiger partial charge on any atom is 0.298 e. The Balaban J connectivity index is 1.71. The Bertz CT molecular complexity index is 1030. The lowest BCUT2D eigenvalue weighted by Crippen LogP contribution is -2.36. The van der Waals surface area contributed by atoms with Crippen molar-refractivity contribution in [2.45, 2.75) is 6.54 Å². The second-order valence-electron chi connectivity index (χ2n) is 6.40. The van der Waals surface area contributed by atoms with Crippen LogP contribution in [0.5, 0.6) is 5.75 Å². The van der Waals surface area contributed by atoms with Crippen LogP contribution in [0.4, 0.5) is 10.1 Å². The molecule has 0 atom stereocenters. The lowest BCUT2D eigenvalue weighted by Gasteiger charge is -2.24. The Morgan fingerprint density at radius 1 is 1.28 bits per heavy atom. The van der Waals surface area contributed by atoms with Crippen molar-refractivity contribution in [3.63, 3.8) is 0 Å². The van der Waals surface area contributed by atoms with Gasteiger partial charge in [0.15, 0.2) is 5.75 Å². The Morgan fingerprint density at radius 2 is 2.03 bits per heavy atom. The molecule has 0 saturated carbocycles. The molecule has 152 valence electrons. The molecule has 10 heteroatoms. The average Bonchev–Trinajstić information content (AvgIpc) is 3.04. The summed E-state index contributed by atoms with van der Waals surface area (Å²) in [5.74, 6) is 0.0240. The van der Waals surface area contributed by atoms with Gasteiger partial charge in [-0.15, -0.1) is 0 Å². The normalized spacial score (nSPS) is 10.8. The van der Waals surface area contributed by atoms with Crippen molar-refractivity contribution < 1.29 is 18.7 Å². The van der Waals surface area contributed by atoms with E-state index in [4.69, 9.17) is 27.9 Å². The summed E-state index contributed by atoms with van der Waals surface area (Å²) in [5, 5.41) is 0.426. The number of halogens is 3. The number of aromatic amines is 1. The van der Waals surface area contributed by atoms with E-state index in [1.54, 1.807) is 37.2 Å². The third-order valence-electron chi connectivity index (χ3n) is 4.27. The first-order valence-corrected chi connectivity index (χ1v) is 9.22. The van der Waals surface area contributed by atoms with Crippen molar-refractivity contribution in [1.29, 1.82) is 0 Å². The molecule has 0 saturated heterocycles. The van der Waals surface area contributed by atoms with E-state index in [0.29, 0.717) is 39.8 Å². The van der Waals surface area contributed by atoms with Crippen LogP contribution in [0.25, 0.3) is 11.0 Å². The summed E-state index contributed by atoms with van der Waals surface area (Å²) in [7, 11) is 3.30. The fourth-order valence-corrected chi connectivity index (χ4v) is 3.12. The molecular formula is C19H17Cl2FN4O3. The zero-order valence-electron chi connectivity index (χ0n) is 15.6. The van der Waals surface area contributed by atoms with Gasteiger partial charge in [0.25, 0.3) is 6.47 Å². The van der Waals surface area contributed by atoms with Gasteiger partial charge in [-0.05, 0) is 24.3 Å². The van der Waals surface area contributed by atoms with Crippen molar-refractivity contribution in [1.82, 2.24) is 14.9 Å². The number of carbonyl (C=O) groups excluding carboxylic acids is 2. The number of amides is 1. The van der Waals surface area contributed by atoms with E-state index in [1.807, 2.05) is 0 Å². The Kier molecular flexibility index (Phi) is 6.24. The average molecular weight is 439 g/mol. The van der Waals surface area contributed by atoms with E-state index in [9.17, 15) is 14.0 Å². The van der Waals surface area contributed by atoms with Gasteiger partial charge in [0.1, 0.15) is 11.6 Å². The molecule has 0 fully saturated rings. The van der Waals surface area contributed by atoms with Gasteiger partial charge in [0, 0.05) is 25.2 Å². The zero-order chi connectivity index (χ0) is 21.1. The molecule has 3 aromatic rings. The Labute approximate surface area is 176 Å². The van der Waals surface area contributed by atoms with Gasteiger partial charge >= 0.3 is 0 Å². The molecule has 0 aliphatic carbocycles. The van der Waals surface area contributed by atoms with E-state index in [-0.39, 0.29) is 24.0 Å². The fraction of sp³-hybridized carbons (Fsp3) is 0.211. The molecule has 0 aliphatic heterocycles. The predicted octanol–water partition coefficient (Wildman–Crippen LogP) is 3.64. The summed E-state index contributed by atoms with van der Waals surface area (Å²) in [4.78, 5) is 33.7. The van der Waals surface area contributed by atoms with Crippen molar-refractivity contribution in [2.75, 3.05) is 25.5 Å². The smallest absolute Gasteiger partial charge is 0.298 e. The second-order valence-corrected chi connectivity index (χ2v) is 7.24. The standard InChI is InChI=1S/C19H17Cl2FN4O3/c1-25(16-5-11(20)3-4-17(16)29-10-27)9-19(28)26(2)8-18-23-14-6-12(21)13(22)7-15(14)24-18/h3-7,10H,8-9H2,1-2H3,(H,23,24). The molecule has 0 radical (unpaired) electrons. The maximum absolute atomic E-state index is 13.6. The lowest BCUT2D eigenvalue weighted by molar-refractivity contribution is -0.129. The molecule has 29 heavy (non-hydrogen) atoms. The molecule has 1 amide bonds. The van der Waals surface area contributed by atoms with Crippen LogP contribution in [0.3, 0.4) is 0 Å². The number of imidazole rings is 1. The lowest BCUT2D eigenvalue weighted by atomic mass is 10.2. The third kappa shape index (κ3) is 4.78. The second kappa shape index (κ2) is 8.67. The number of benzene rings is 2. The minimum absolute atomic E-state index is 0.00669. The number of nitrogens with one attached hydrogen (secondary N) is 1. The highest BCUT2D eigenvalue weighted by Crippen LogP contribution is 2.30. The van der Waals surface area contributed by atoms with Gasteiger partial charge < -0.3 is 19.5 Å². The highest BCUT2D eigenvalue weighted by Gasteiger charge is 2.17. The number of rotatable bonds is 7. The number of aromatic nitrogens is 2. The van der Waals surface area contributed by atoms with Crippen molar-refractivity contribution in [2.24, 2.45) is 0 Å². The SMILES string of the molecule is CN(Cc1nc2cc(Cl)c(F)cc2[nH]1)C(=O)CN(C)c1cc(Cl)ccc1OC=O. The summed E-state index contributed by atoms with van der Waals surface area (Å²) in [6.45, 7) is 0.506. The molecular weight excluding hydrogens is 422 g/mol. The highest BCUT2D eigenvalue weighted by atomic mass is 35.5. The number of hydrogen-bond donors (Lipinski definition) is 1. The van der Waals surface area contributed by atoms with Gasteiger partial charge in [-0.25, -0.2) is 9.37 Å². The molecule has 0 spiro atoms. The number of H-pyrrole nitrogens is 1. The monoisotopic (exact) mass is 438 g/mol. The largest absolute Gasteiger partial charge is 0.427 e. The third-order valence-corrected chi connectivity index (χ3v) is 4.79. The summed E-state index contributed by atoms with van der Waals surface area (Å²) >= 11 is 11.8. The number of ether oxygens (including phenoxy) is 1. The fourth-order valence-electron chi connectivity index (χ4n) is 2.79. The summed E-state index contributed by atoms with van der Waals surface area (Å²) in [5.41, 5.74) is 1.51. The molecule has 0 bridgehead atoms. The molecule has 1 aromatic heterocycles. The maximum atomic E-state index is 13.6. The molecule has 7 nitrogen and oxygen atoms in total. The van der Waals surface area contributed by atoms with Gasteiger partial charge in [-0.2, -0.15) is 0 Å². The Hall–Kier alpha value is -2.84. The first-order chi connectivity index (χ1) is 13.8. The molecule has 3 rings (SSSR count). The number of likely N-dealkylation sites (N-methyl/N-ethyl adjacent to an activating group) is 2. The summed E-state index contributed by atoms with van der Waals surface area (Å²) < 4.78 is 18.5. The molecule has 1 N–H and O–H groups in total. The van der Waals surface area contributed by atoms with E-state index in [0.717, 1.165) is 0 Å². The van der Waals surface area contributed by atoms with E-state index >= 15 is 0 Å². The van der Waals surface area contributed by atoms with Crippen LogP contribution in [0.15, 0.2) is 30.3 Å². The minimum Gasteiger partial charge on any atom is -0.427 e. The number of fused-ring (bicyclic) bond motifs is 1. The quantitative estimate of drug-likeness (QED) is 0.569. The molecule has 0 aliphatic rings. The van der Waals surface area contributed by atoms with Crippen LogP contribution in [0.1, 0.15) is 5.82 Å². The van der Waals surface area contributed by atoms with Gasteiger partial charge in [-0.3, -0.25) is 9.59 Å². The number of carbonyl (C=O) groups is 2. The summed E-state index contributed by atoms with van der Waals surface area (Å²) in [6, 6.07) is 7.43. The van der Waals surface area contributed by atoms with Crippen molar-refractivity contribution in [3.05, 3.63) is 52.0 Å². The van der Waals surface area contributed by atoms with E-state index in [1.165, 1.54) is 17.0 Å². The topological polar surface area (TPSA) is 78.5 Å². The molecule has 2 aromatic carbocycles. The molecule has 1 heterocycles. The van der Waals surface area contributed by atoms with Crippen LogP contribution in [-0.2, 0) is 16.1 Å². The van der Waals surface area contributed by atoms with Crippen LogP contribution in [-0.4, -0.2) is 47.9 Å². The van der Waals surface area contributed by atoms with Crippen molar-refractivity contribution >= 4 is 52.3 Å². The summed E-state index contributed by atoms with van der Waals surface area (Å²) in [6.07, 6.45) is 0. The van der Waals surface area contributed by atoms with E-state index < -0.39 is 5.82 Å². The number of anilines is 1. The minimum atomic E-state index is -0.546. The van der Waals surface area contributed by atoms with Gasteiger partial charge in [-0.1, -0.05) is 23.2 Å². The zero-order valence-corrected chi connectivity index (χ0v) is 17.1. The number of hydrogen-bond acceptors (Lipinski definition) is 5. The van der Waals surface area contributed by atoms with Crippen molar-refractivity contribution in [3.8, 4) is 5.75 Å². The van der Waals surface area contributed by atoms with E-state index in [2.05, 4.69) is 9.97 Å². The van der Waals surface area contributed by atoms with Crippen LogP contribution < -0.4 is 9.64 Å². The van der Waals surface area contributed by atoms with Crippen LogP contribution in [0, 0.1) is 5.82 Å². The van der Waals surface area contributed by atoms with Gasteiger partial charge in [0.2, 0.25) is 5.91 Å². The first kappa shape index (κ1) is 20.9. The predicted molar refractivity (Wildman–Crippen MR) is 109 cm³/mol. The first-order valence-electron chi connectivity index (χ1n) is 8.47. The Morgan fingerprint density at radius 3 is 2.76 bits per heavy atom. The van der Waals surface area contributed by atoms with Gasteiger partial charge in [0.05, 0.1) is 34.8 Å². The number of nitrogens with zero attached hydrogens (tertiary/aromatic N) is 3. The van der Waals surface area contributed by atoms with Crippen LogP contribution >= 0.6 is 23.2 Å². The highest BCUT2D eigenvalue weighted by molar-refractivity contribution is 6.31. The van der Waals surface area contributed by atoms with Crippen LogP contribution in [0.2, 0.25) is 10.0 Å². The molecule has 0 unspecified atom stereocenters.